The number of aromatic nitrogens is 2. The zero-order chi connectivity index (χ0) is 17.6. The molecule has 1 aliphatic carbocycles. The Morgan fingerprint density at radius 3 is 2.88 bits per heavy atom. The number of nitrogens with one attached hydrogen (secondary N) is 1. The summed E-state index contributed by atoms with van der Waals surface area (Å²) >= 11 is 7.87. The highest BCUT2D eigenvalue weighted by molar-refractivity contribution is 7.15. The first kappa shape index (κ1) is 15.9. The molecule has 1 saturated carbocycles. The Morgan fingerprint density at radius 2 is 2.04 bits per heavy atom. The zero-order valence-corrected chi connectivity index (χ0v) is 15.4. The quantitative estimate of drug-likeness (QED) is 0.694. The van der Waals surface area contributed by atoms with E-state index in [1.165, 1.54) is 10.4 Å². The number of pyridine rings is 1. The van der Waals surface area contributed by atoms with Crippen LogP contribution in [0.3, 0.4) is 0 Å². The lowest BCUT2D eigenvalue weighted by molar-refractivity contribution is 0.174. The van der Waals surface area contributed by atoms with Crippen molar-refractivity contribution in [2.24, 2.45) is 0 Å². The number of hydrogen-bond donors (Lipinski definition) is 1. The Labute approximate surface area is 160 Å². The zero-order valence-electron chi connectivity index (χ0n) is 13.9. The van der Waals surface area contributed by atoms with Crippen LogP contribution in [0.1, 0.15) is 28.8 Å². The molecule has 5 rings (SSSR count). The van der Waals surface area contributed by atoms with E-state index in [2.05, 4.69) is 27.4 Å². The molecule has 7 heteroatoms. The SMILES string of the molecule is Clc1cnccc1Cc1cnc(NC2(c3ccc4c(c3)OCO4)CC2)s1. The minimum Gasteiger partial charge on any atom is -0.454 e. The number of thiazole rings is 1. The Hall–Kier alpha value is -2.31. The largest absolute Gasteiger partial charge is 0.454 e. The van der Waals surface area contributed by atoms with Gasteiger partial charge in [0.2, 0.25) is 6.79 Å². The number of nitrogens with zero attached hydrogens (tertiary/aromatic N) is 2. The van der Waals surface area contributed by atoms with Gasteiger partial charge in [0.1, 0.15) is 0 Å². The highest BCUT2D eigenvalue weighted by Crippen LogP contribution is 2.50. The van der Waals surface area contributed by atoms with E-state index in [0.29, 0.717) is 11.8 Å². The van der Waals surface area contributed by atoms with Crippen LogP contribution in [0, 0.1) is 0 Å². The van der Waals surface area contributed by atoms with Gasteiger partial charge in [-0.1, -0.05) is 17.7 Å². The van der Waals surface area contributed by atoms with Crippen LogP contribution in [-0.4, -0.2) is 16.8 Å². The first-order valence-corrected chi connectivity index (χ1v) is 9.63. The van der Waals surface area contributed by atoms with Gasteiger partial charge in [-0.15, -0.1) is 11.3 Å². The molecule has 0 bridgehead atoms. The van der Waals surface area contributed by atoms with E-state index in [0.717, 1.165) is 41.5 Å². The van der Waals surface area contributed by atoms with Crippen LogP contribution in [0.5, 0.6) is 11.5 Å². The summed E-state index contributed by atoms with van der Waals surface area (Å²) < 4.78 is 10.9. The van der Waals surface area contributed by atoms with Crippen molar-refractivity contribution in [2.75, 3.05) is 12.1 Å². The summed E-state index contributed by atoms with van der Waals surface area (Å²) in [6.07, 6.45) is 8.28. The van der Waals surface area contributed by atoms with E-state index in [-0.39, 0.29) is 5.54 Å². The fourth-order valence-corrected chi connectivity index (χ4v) is 4.31. The molecule has 0 amide bonds. The van der Waals surface area contributed by atoms with Crippen LogP contribution in [0.4, 0.5) is 5.13 Å². The van der Waals surface area contributed by atoms with Gasteiger partial charge in [0.25, 0.3) is 0 Å². The first-order valence-electron chi connectivity index (χ1n) is 8.43. The second-order valence-corrected chi connectivity index (χ2v) is 8.07. The van der Waals surface area contributed by atoms with Gasteiger partial charge in [-0.2, -0.15) is 0 Å². The van der Waals surface area contributed by atoms with Gasteiger partial charge in [0.15, 0.2) is 16.6 Å². The third kappa shape index (κ3) is 2.89. The fraction of sp³-hybridized carbons (Fsp3) is 0.263. The molecule has 0 unspecified atom stereocenters. The molecule has 0 radical (unpaired) electrons. The minimum absolute atomic E-state index is 0.0512. The van der Waals surface area contributed by atoms with Crippen molar-refractivity contribution >= 4 is 28.1 Å². The van der Waals surface area contributed by atoms with Gasteiger partial charge in [0, 0.05) is 29.9 Å². The molecule has 1 aliphatic heterocycles. The summed E-state index contributed by atoms with van der Waals surface area (Å²) in [5, 5.41) is 5.24. The van der Waals surface area contributed by atoms with Crippen molar-refractivity contribution in [3.63, 3.8) is 0 Å². The number of rotatable bonds is 5. The average molecular weight is 386 g/mol. The number of hydrogen-bond acceptors (Lipinski definition) is 6. The van der Waals surface area contributed by atoms with E-state index in [9.17, 15) is 0 Å². The van der Waals surface area contributed by atoms with Crippen molar-refractivity contribution < 1.29 is 9.47 Å². The Bertz CT molecular complexity index is 971. The van der Waals surface area contributed by atoms with Crippen LogP contribution in [0.25, 0.3) is 0 Å². The normalized spacial score (nSPS) is 16.5. The minimum atomic E-state index is -0.0512. The van der Waals surface area contributed by atoms with Crippen molar-refractivity contribution in [1.29, 1.82) is 0 Å². The van der Waals surface area contributed by atoms with Crippen LogP contribution >= 0.6 is 22.9 Å². The molecule has 1 N–H and O–H groups in total. The maximum Gasteiger partial charge on any atom is 0.231 e. The van der Waals surface area contributed by atoms with E-state index in [1.54, 1.807) is 23.7 Å². The summed E-state index contributed by atoms with van der Waals surface area (Å²) in [6.45, 7) is 0.298. The first-order chi connectivity index (χ1) is 12.7. The standard InChI is InChI=1S/C19H16ClN3O2S/c20-15-10-21-6-3-12(15)7-14-9-22-18(26-14)23-19(4-5-19)13-1-2-16-17(8-13)25-11-24-16/h1-3,6,8-10H,4-5,7,11H2,(H,22,23). The summed E-state index contributed by atoms with van der Waals surface area (Å²) in [7, 11) is 0. The highest BCUT2D eigenvalue weighted by atomic mass is 35.5. The lowest BCUT2D eigenvalue weighted by Crippen LogP contribution is -2.18. The second kappa shape index (κ2) is 6.14. The van der Waals surface area contributed by atoms with E-state index < -0.39 is 0 Å². The number of anilines is 1. The van der Waals surface area contributed by atoms with Gasteiger partial charge in [-0.25, -0.2) is 4.98 Å². The van der Waals surface area contributed by atoms with E-state index >= 15 is 0 Å². The average Bonchev–Trinajstić information content (AvgIpc) is 3.07. The molecule has 2 aliphatic rings. The van der Waals surface area contributed by atoms with Gasteiger partial charge < -0.3 is 14.8 Å². The summed E-state index contributed by atoms with van der Waals surface area (Å²) in [5.41, 5.74) is 2.23. The Morgan fingerprint density at radius 1 is 1.15 bits per heavy atom. The predicted octanol–water partition coefficient (Wildman–Crippen LogP) is 4.61. The maximum absolute atomic E-state index is 6.21. The fourth-order valence-electron chi connectivity index (χ4n) is 3.19. The van der Waals surface area contributed by atoms with Crippen molar-refractivity contribution in [1.82, 2.24) is 9.97 Å². The molecule has 3 heterocycles. The van der Waals surface area contributed by atoms with Crippen LogP contribution < -0.4 is 14.8 Å². The summed E-state index contributed by atoms with van der Waals surface area (Å²) in [5.74, 6) is 1.64. The van der Waals surface area contributed by atoms with Crippen LogP contribution in [0.2, 0.25) is 5.02 Å². The number of ether oxygens (including phenoxy) is 2. The highest BCUT2D eigenvalue weighted by Gasteiger charge is 2.45. The Kier molecular flexibility index (Phi) is 3.76. The maximum atomic E-state index is 6.21. The third-order valence-electron chi connectivity index (χ3n) is 4.80. The van der Waals surface area contributed by atoms with Gasteiger partial charge >= 0.3 is 0 Å². The number of benzene rings is 1. The Balaban J connectivity index is 1.34. The predicted molar refractivity (Wildman–Crippen MR) is 101 cm³/mol. The molecule has 26 heavy (non-hydrogen) atoms. The molecule has 2 aromatic heterocycles. The summed E-state index contributed by atoms with van der Waals surface area (Å²) in [4.78, 5) is 9.76. The molecular weight excluding hydrogens is 370 g/mol. The van der Waals surface area contributed by atoms with Crippen molar-refractivity contribution in [3.05, 3.63) is 63.9 Å². The number of halogens is 1. The second-order valence-electron chi connectivity index (χ2n) is 6.55. The lowest BCUT2D eigenvalue weighted by Gasteiger charge is -2.17. The van der Waals surface area contributed by atoms with Gasteiger partial charge in [-0.05, 0) is 42.2 Å². The van der Waals surface area contributed by atoms with Gasteiger partial charge in [-0.3, -0.25) is 4.98 Å². The smallest absolute Gasteiger partial charge is 0.231 e. The lowest BCUT2D eigenvalue weighted by atomic mass is 10.0. The van der Waals surface area contributed by atoms with Crippen LogP contribution in [0.15, 0.2) is 42.9 Å². The number of fused-ring (bicyclic) bond motifs is 1. The monoisotopic (exact) mass is 385 g/mol. The molecule has 3 aromatic rings. The molecule has 1 aromatic carbocycles. The molecule has 5 nitrogen and oxygen atoms in total. The molecular formula is C19H16ClN3O2S. The molecule has 0 atom stereocenters. The summed E-state index contributed by atoms with van der Waals surface area (Å²) in [6, 6.07) is 8.12. The van der Waals surface area contributed by atoms with E-state index in [4.69, 9.17) is 21.1 Å². The van der Waals surface area contributed by atoms with Crippen molar-refractivity contribution in [2.45, 2.75) is 24.8 Å². The van der Waals surface area contributed by atoms with Crippen molar-refractivity contribution in [3.8, 4) is 11.5 Å². The van der Waals surface area contributed by atoms with Crippen LogP contribution in [-0.2, 0) is 12.0 Å². The molecule has 0 spiro atoms. The van der Waals surface area contributed by atoms with Gasteiger partial charge in [0.05, 0.1) is 10.6 Å². The molecule has 1 fully saturated rings. The van der Waals surface area contributed by atoms with E-state index in [1.807, 2.05) is 18.3 Å². The molecule has 0 saturated heterocycles. The molecule has 132 valence electrons. The third-order valence-corrected chi connectivity index (χ3v) is 6.05. The topological polar surface area (TPSA) is 56.3 Å².